The van der Waals surface area contributed by atoms with Crippen molar-refractivity contribution in [1.82, 2.24) is 10.2 Å². The second kappa shape index (κ2) is 8.41. The quantitative estimate of drug-likeness (QED) is 0.734. The summed E-state index contributed by atoms with van der Waals surface area (Å²) in [6.07, 6.45) is 2.76. The molecule has 7 nitrogen and oxygen atoms in total. The Morgan fingerprint density at radius 2 is 2.12 bits per heavy atom. The van der Waals surface area contributed by atoms with Gasteiger partial charge in [0.1, 0.15) is 11.5 Å². The van der Waals surface area contributed by atoms with Gasteiger partial charge in [-0.15, -0.1) is 12.4 Å². The van der Waals surface area contributed by atoms with Gasteiger partial charge in [0.15, 0.2) is 0 Å². The van der Waals surface area contributed by atoms with E-state index in [1.165, 1.54) is 0 Å². The van der Waals surface area contributed by atoms with Crippen molar-refractivity contribution in [2.45, 2.75) is 38.1 Å². The summed E-state index contributed by atoms with van der Waals surface area (Å²) in [7, 11) is 1.63. The highest BCUT2D eigenvalue weighted by molar-refractivity contribution is 5.85. The zero-order chi connectivity index (χ0) is 18.0. The van der Waals surface area contributed by atoms with E-state index in [9.17, 15) is 9.59 Å². The third-order valence-electron chi connectivity index (χ3n) is 5.43. The molecular formula is C18H28ClN3O4. The van der Waals surface area contributed by atoms with Crippen LogP contribution in [0.5, 0.6) is 0 Å². The molecule has 2 fully saturated rings. The van der Waals surface area contributed by atoms with Crippen LogP contribution in [0.1, 0.15) is 36.7 Å². The number of carbonyl (C=O) groups is 2. The first-order valence-electron chi connectivity index (χ1n) is 8.80. The van der Waals surface area contributed by atoms with Crippen LogP contribution < -0.4 is 11.1 Å². The van der Waals surface area contributed by atoms with Gasteiger partial charge in [0.2, 0.25) is 11.8 Å². The van der Waals surface area contributed by atoms with E-state index in [0.29, 0.717) is 19.7 Å². The minimum atomic E-state index is -0.407. The van der Waals surface area contributed by atoms with Gasteiger partial charge in [-0.2, -0.15) is 0 Å². The molecule has 1 aromatic rings. The van der Waals surface area contributed by atoms with Gasteiger partial charge in [-0.25, -0.2) is 0 Å². The lowest BCUT2D eigenvalue weighted by atomic mass is 9.68. The number of halogens is 1. The number of nitrogens with two attached hydrogens (primary N) is 1. The molecule has 3 rings (SSSR count). The molecule has 1 saturated heterocycles. The number of nitrogens with one attached hydrogen (secondary N) is 1. The summed E-state index contributed by atoms with van der Waals surface area (Å²) in [5.41, 5.74) is 4.93. The van der Waals surface area contributed by atoms with E-state index in [-0.39, 0.29) is 42.7 Å². The largest absolute Gasteiger partial charge is 0.466 e. The minimum Gasteiger partial charge on any atom is -0.466 e. The normalized spacial score (nSPS) is 24.5. The summed E-state index contributed by atoms with van der Waals surface area (Å²) >= 11 is 0. The lowest BCUT2D eigenvalue weighted by Crippen LogP contribution is -2.53. The van der Waals surface area contributed by atoms with Gasteiger partial charge in [0.25, 0.3) is 0 Å². The number of carbonyl (C=O) groups excluding carboxylic acids is 2. The zero-order valence-corrected chi connectivity index (χ0v) is 16.1. The minimum absolute atomic E-state index is 0. The van der Waals surface area contributed by atoms with Gasteiger partial charge in [-0.05, 0) is 31.9 Å². The molecule has 1 saturated carbocycles. The van der Waals surface area contributed by atoms with Crippen molar-refractivity contribution >= 4 is 24.2 Å². The van der Waals surface area contributed by atoms with Crippen LogP contribution in [0, 0.1) is 12.3 Å². The fraction of sp³-hybridized carbons (Fsp3) is 0.667. The smallest absolute Gasteiger partial charge is 0.231 e. The molecule has 0 spiro atoms. The maximum absolute atomic E-state index is 12.9. The Morgan fingerprint density at radius 1 is 1.38 bits per heavy atom. The molecule has 1 aromatic heterocycles. The SMILES string of the molecule is COCC1(C(=O)N[C@H]2CN(CC(N)=O)C[C@@H]2c2ccc(C)o2)CCC1.Cl. The Hall–Kier alpha value is -1.57. The number of furan rings is 1. The van der Waals surface area contributed by atoms with Crippen LogP contribution in [-0.2, 0) is 14.3 Å². The number of likely N-dealkylation sites (tertiary alicyclic amines) is 1. The molecule has 8 heteroatoms. The predicted molar refractivity (Wildman–Crippen MR) is 99.2 cm³/mol. The van der Waals surface area contributed by atoms with Gasteiger partial charge < -0.3 is 20.2 Å². The summed E-state index contributed by atoms with van der Waals surface area (Å²) in [6.45, 7) is 3.75. The fourth-order valence-electron chi connectivity index (χ4n) is 3.96. The molecule has 2 atom stereocenters. The molecule has 0 aromatic carbocycles. The molecular weight excluding hydrogens is 358 g/mol. The van der Waals surface area contributed by atoms with Crippen LogP contribution in [0.4, 0.5) is 0 Å². The summed E-state index contributed by atoms with van der Waals surface area (Å²) in [4.78, 5) is 26.1. The number of hydrogen-bond acceptors (Lipinski definition) is 5. The third kappa shape index (κ3) is 4.22. The average molecular weight is 386 g/mol. The number of methoxy groups -OCH3 is 1. The molecule has 2 amide bonds. The Morgan fingerprint density at radius 3 is 2.62 bits per heavy atom. The topological polar surface area (TPSA) is 97.8 Å². The number of nitrogens with zero attached hydrogens (tertiary/aromatic N) is 1. The van der Waals surface area contributed by atoms with Gasteiger partial charge in [0, 0.05) is 20.2 Å². The van der Waals surface area contributed by atoms with Crippen molar-refractivity contribution in [1.29, 1.82) is 0 Å². The van der Waals surface area contributed by atoms with Gasteiger partial charge in [0.05, 0.1) is 30.5 Å². The second-order valence-electron chi connectivity index (χ2n) is 7.36. The molecule has 1 aliphatic heterocycles. The van der Waals surface area contributed by atoms with Crippen LogP contribution in [0.3, 0.4) is 0 Å². The second-order valence-corrected chi connectivity index (χ2v) is 7.36. The molecule has 3 N–H and O–H groups in total. The molecule has 0 bridgehead atoms. The van der Waals surface area contributed by atoms with E-state index in [0.717, 1.165) is 30.8 Å². The van der Waals surface area contributed by atoms with E-state index >= 15 is 0 Å². The lowest BCUT2D eigenvalue weighted by Gasteiger charge is -2.40. The van der Waals surface area contributed by atoms with Crippen LogP contribution in [0.15, 0.2) is 16.5 Å². The van der Waals surface area contributed by atoms with Crippen molar-refractivity contribution in [2.24, 2.45) is 11.1 Å². The zero-order valence-electron chi connectivity index (χ0n) is 15.3. The van der Waals surface area contributed by atoms with E-state index in [1.807, 2.05) is 24.0 Å². The average Bonchev–Trinajstić information content (AvgIpc) is 3.08. The molecule has 1 aliphatic carbocycles. The highest BCUT2D eigenvalue weighted by Crippen LogP contribution is 2.42. The van der Waals surface area contributed by atoms with Crippen LogP contribution >= 0.6 is 12.4 Å². The standard InChI is InChI=1S/C18H27N3O4.ClH/c1-12-4-5-15(25-12)13-8-21(10-16(19)22)9-14(13)20-17(23)18(11-24-2)6-3-7-18;/h4-5,13-14H,3,6-11H2,1-2H3,(H2,19,22)(H,20,23);1H/t13-,14-;/m0./s1. The van der Waals surface area contributed by atoms with Crippen molar-refractivity contribution in [3.63, 3.8) is 0 Å². The maximum atomic E-state index is 12.9. The molecule has 146 valence electrons. The first-order valence-corrected chi connectivity index (χ1v) is 8.80. The maximum Gasteiger partial charge on any atom is 0.231 e. The van der Waals surface area contributed by atoms with Crippen molar-refractivity contribution in [3.05, 3.63) is 23.7 Å². The van der Waals surface area contributed by atoms with E-state index in [1.54, 1.807) is 7.11 Å². The third-order valence-corrected chi connectivity index (χ3v) is 5.43. The summed E-state index contributed by atoms with van der Waals surface area (Å²) in [5.74, 6) is 1.36. The Labute approximate surface area is 160 Å². The Bertz CT molecular complexity index is 644. The highest BCUT2D eigenvalue weighted by Gasteiger charge is 2.46. The van der Waals surface area contributed by atoms with Crippen LogP contribution in [-0.4, -0.2) is 56.1 Å². The molecule has 2 aliphatic rings. The summed E-state index contributed by atoms with van der Waals surface area (Å²) in [5, 5.41) is 3.19. The first-order chi connectivity index (χ1) is 11.9. The summed E-state index contributed by atoms with van der Waals surface area (Å²) in [6, 6.07) is 3.76. The first kappa shape index (κ1) is 20.7. The highest BCUT2D eigenvalue weighted by atomic mass is 35.5. The number of hydrogen-bond donors (Lipinski definition) is 2. The lowest BCUT2D eigenvalue weighted by molar-refractivity contribution is -0.141. The Kier molecular flexibility index (Phi) is 6.71. The van der Waals surface area contributed by atoms with Crippen LogP contribution in [0.2, 0.25) is 0 Å². The van der Waals surface area contributed by atoms with Crippen molar-refractivity contribution < 1.29 is 18.7 Å². The van der Waals surface area contributed by atoms with Gasteiger partial charge in [-0.1, -0.05) is 6.42 Å². The number of rotatable bonds is 7. The predicted octanol–water partition coefficient (Wildman–Crippen LogP) is 1.20. The fourth-order valence-corrected chi connectivity index (χ4v) is 3.96. The number of aryl methyl sites for hydroxylation is 1. The van der Waals surface area contributed by atoms with Crippen LogP contribution in [0.25, 0.3) is 0 Å². The molecule has 0 radical (unpaired) electrons. The Balaban J connectivity index is 0.00000243. The van der Waals surface area contributed by atoms with Gasteiger partial charge in [-0.3, -0.25) is 14.5 Å². The molecule has 2 heterocycles. The molecule has 0 unspecified atom stereocenters. The van der Waals surface area contributed by atoms with Crippen molar-refractivity contribution in [2.75, 3.05) is 33.4 Å². The van der Waals surface area contributed by atoms with Crippen molar-refractivity contribution in [3.8, 4) is 0 Å². The van der Waals surface area contributed by atoms with E-state index < -0.39 is 5.41 Å². The molecule has 26 heavy (non-hydrogen) atoms. The summed E-state index contributed by atoms with van der Waals surface area (Å²) < 4.78 is 11.1. The number of ether oxygens (including phenoxy) is 1. The number of amides is 2. The van der Waals surface area contributed by atoms with E-state index in [2.05, 4.69) is 5.32 Å². The number of primary amides is 1. The van der Waals surface area contributed by atoms with Gasteiger partial charge >= 0.3 is 0 Å². The monoisotopic (exact) mass is 385 g/mol. The van der Waals surface area contributed by atoms with E-state index in [4.69, 9.17) is 14.9 Å².